The number of ether oxygens (including phenoxy) is 1. The smallest absolute Gasteiger partial charge is 0.330 e. The summed E-state index contributed by atoms with van der Waals surface area (Å²) in [6.07, 6.45) is -3.91. The van der Waals surface area contributed by atoms with Crippen molar-refractivity contribution >= 4 is 18.7 Å². The molecule has 1 aliphatic heterocycles. The standard InChI is InChI=1S/C26H31F2N3O5Si/c1-26(2,3)37(17-11-7-5-8-12-17,18-13-9-6-10-14-18)35-16-20-22(30(4)34)21(28)24(36-20)31-15-19(27)23(32)29-25(31)33/h5-15,20-22,24,34H,16H2,1-4H3,(H,29,32,33)/t20-,21+,22-,24-/m1/s1. The molecule has 1 aromatic heterocycles. The van der Waals surface area contributed by atoms with Gasteiger partial charge in [0, 0.05) is 7.05 Å². The van der Waals surface area contributed by atoms with Crippen molar-refractivity contribution in [3.63, 3.8) is 0 Å². The highest BCUT2D eigenvalue weighted by Crippen LogP contribution is 2.39. The summed E-state index contributed by atoms with van der Waals surface area (Å²) in [4.78, 5) is 25.6. The molecule has 4 atom stereocenters. The third-order valence-electron chi connectivity index (χ3n) is 6.80. The van der Waals surface area contributed by atoms with Crippen LogP contribution in [0.15, 0.2) is 76.4 Å². The number of rotatable bonds is 7. The maximum Gasteiger partial charge on any atom is 0.330 e. The second-order valence-electron chi connectivity index (χ2n) is 10.2. The molecule has 0 unspecified atom stereocenters. The molecule has 0 saturated carbocycles. The molecule has 1 fully saturated rings. The van der Waals surface area contributed by atoms with E-state index in [1.165, 1.54) is 7.05 Å². The van der Waals surface area contributed by atoms with E-state index in [2.05, 4.69) is 20.8 Å². The first-order chi connectivity index (χ1) is 17.5. The minimum atomic E-state index is -3.01. The molecule has 2 heterocycles. The molecule has 8 nitrogen and oxygen atoms in total. The number of hydrogen-bond donors (Lipinski definition) is 2. The van der Waals surface area contributed by atoms with Gasteiger partial charge in [-0.15, -0.1) is 0 Å². The summed E-state index contributed by atoms with van der Waals surface area (Å²) >= 11 is 0. The van der Waals surface area contributed by atoms with Crippen molar-refractivity contribution in [3.05, 3.63) is 93.5 Å². The van der Waals surface area contributed by atoms with Gasteiger partial charge in [-0.2, -0.15) is 9.45 Å². The van der Waals surface area contributed by atoms with Crippen LogP contribution in [-0.4, -0.2) is 60.1 Å². The Labute approximate surface area is 214 Å². The Hall–Kier alpha value is -2.96. The van der Waals surface area contributed by atoms with Gasteiger partial charge in [-0.1, -0.05) is 81.4 Å². The fraction of sp³-hybridized carbons (Fsp3) is 0.385. The van der Waals surface area contributed by atoms with E-state index in [-0.39, 0.29) is 11.6 Å². The summed E-state index contributed by atoms with van der Waals surface area (Å²) in [5.74, 6) is -1.25. The van der Waals surface area contributed by atoms with Gasteiger partial charge in [0.25, 0.3) is 13.9 Å². The van der Waals surface area contributed by atoms with Gasteiger partial charge in [-0.3, -0.25) is 14.3 Å². The van der Waals surface area contributed by atoms with Crippen LogP contribution in [0.1, 0.15) is 27.0 Å². The Morgan fingerprint density at radius 2 is 1.62 bits per heavy atom. The number of aromatic amines is 1. The second kappa shape index (κ2) is 10.4. The van der Waals surface area contributed by atoms with Gasteiger partial charge >= 0.3 is 5.69 Å². The minimum absolute atomic E-state index is 0.111. The summed E-state index contributed by atoms with van der Waals surface area (Å²) in [6, 6.07) is 18.4. The van der Waals surface area contributed by atoms with E-state index in [4.69, 9.17) is 9.16 Å². The molecule has 2 N–H and O–H groups in total. The van der Waals surface area contributed by atoms with E-state index in [1.807, 2.05) is 65.6 Å². The normalized spacial score (nSPS) is 22.5. The molecule has 0 amide bonds. The third-order valence-corrected chi connectivity index (χ3v) is 11.8. The molecule has 0 aliphatic carbocycles. The Morgan fingerprint density at radius 3 is 2.11 bits per heavy atom. The zero-order chi connectivity index (χ0) is 27.0. The first kappa shape index (κ1) is 27.1. The van der Waals surface area contributed by atoms with Crippen LogP contribution >= 0.6 is 0 Å². The van der Waals surface area contributed by atoms with Crippen LogP contribution in [-0.2, 0) is 9.16 Å². The number of halogens is 2. The highest BCUT2D eigenvalue weighted by molar-refractivity contribution is 6.99. The van der Waals surface area contributed by atoms with Gasteiger partial charge in [0.1, 0.15) is 6.10 Å². The van der Waals surface area contributed by atoms with E-state index >= 15 is 4.39 Å². The Bertz CT molecular complexity index is 1290. The van der Waals surface area contributed by atoms with Gasteiger partial charge in [-0.05, 0) is 15.4 Å². The van der Waals surface area contributed by atoms with Gasteiger partial charge in [0.15, 0.2) is 12.4 Å². The van der Waals surface area contributed by atoms with Crippen molar-refractivity contribution in [2.24, 2.45) is 0 Å². The van der Waals surface area contributed by atoms with Crippen molar-refractivity contribution in [3.8, 4) is 0 Å². The molecule has 0 bridgehead atoms. The Balaban J connectivity index is 1.74. The number of nitrogens with zero attached hydrogens (tertiary/aromatic N) is 2. The zero-order valence-electron chi connectivity index (χ0n) is 21.1. The SMILES string of the molecule is CN(O)[C@H]1[C@H](F)[C@H](n2cc(F)c(=O)[nH]c2=O)O[C@@H]1CO[Si](c1ccccc1)(c1ccccc1)C(C)(C)C. The van der Waals surface area contributed by atoms with E-state index < -0.39 is 49.9 Å². The summed E-state index contributed by atoms with van der Waals surface area (Å²) in [6.45, 7) is 6.16. The van der Waals surface area contributed by atoms with Crippen molar-refractivity contribution in [2.45, 2.75) is 50.4 Å². The van der Waals surface area contributed by atoms with Crippen LogP contribution in [0.5, 0.6) is 0 Å². The van der Waals surface area contributed by atoms with Crippen LogP contribution in [0.3, 0.4) is 0 Å². The topological polar surface area (TPSA) is 96.8 Å². The lowest BCUT2D eigenvalue weighted by atomic mass is 10.1. The quantitative estimate of drug-likeness (QED) is 0.359. The van der Waals surface area contributed by atoms with E-state index in [0.29, 0.717) is 15.8 Å². The first-order valence-corrected chi connectivity index (χ1v) is 13.9. The summed E-state index contributed by atoms with van der Waals surface area (Å²) in [5, 5.41) is 12.6. The molecule has 37 heavy (non-hydrogen) atoms. The number of H-pyrrole nitrogens is 1. The van der Waals surface area contributed by atoms with Gasteiger partial charge in [0.2, 0.25) is 5.82 Å². The van der Waals surface area contributed by atoms with Gasteiger partial charge in [0.05, 0.1) is 18.8 Å². The van der Waals surface area contributed by atoms with Crippen molar-refractivity contribution in [2.75, 3.05) is 13.7 Å². The monoisotopic (exact) mass is 531 g/mol. The molecule has 4 rings (SSSR count). The number of likely N-dealkylation sites (N-methyl/N-ethyl adjacent to an activating group) is 1. The largest absolute Gasteiger partial charge is 0.405 e. The molecular weight excluding hydrogens is 500 g/mol. The highest BCUT2D eigenvalue weighted by Gasteiger charge is 2.53. The highest BCUT2D eigenvalue weighted by atomic mass is 28.4. The predicted octanol–water partition coefficient (Wildman–Crippen LogP) is 2.18. The molecule has 3 aromatic rings. The number of hydrogen-bond acceptors (Lipinski definition) is 6. The number of nitrogens with one attached hydrogen (secondary N) is 1. The number of aromatic nitrogens is 2. The van der Waals surface area contributed by atoms with Crippen LogP contribution in [0.25, 0.3) is 0 Å². The van der Waals surface area contributed by atoms with Crippen LogP contribution in [0, 0.1) is 5.82 Å². The molecule has 0 spiro atoms. The number of hydroxylamine groups is 2. The van der Waals surface area contributed by atoms with E-state index in [9.17, 15) is 19.2 Å². The summed E-state index contributed by atoms with van der Waals surface area (Å²) < 4.78 is 42.9. The molecule has 2 aromatic carbocycles. The van der Waals surface area contributed by atoms with Gasteiger partial charge < -0.3 is 14.4 Å². The lowest BCUT2D eigenvalue weighted by Crippen LogP contribution is -2.67. The predicted molar refractivity (Wildman–Crippen MR) is 137 cm³/mol. The van der Waals surface area contributed by atoms with Crippen LogP contribution in [0.4, 0.5) is 8.78 Å². The second-order valence-corrected chi connectivity index (χ2v) is 14.5. The summed E-state index contributed by atoms with van der Waals surface area (Å²) in [5.41, 5.74) is -2.23. The maximum absolute atomic E-state index is 15.6. The molecule has 1 saturated heterocycles. The van der Waals surface area contributed by atoms with Gasteiger partial charge in [-0.25, -0.2) is 9.18 Å². The lowest BCUT2D eigenvalue weighted by Gasteiger charge is -2.43. The van der Waals surface area contributed by atoms with E-state index in [0.717, 1.165) is 10.4 Å². The van der Waals surface area contributed by atoms with Crippen molar-refractivity contribution in [1.82, 2.24) is 14.6 Å². The van der Waals surface area contributed by atoms with Crippen LogP contribution in [0.2, 0.25) is 5.04 Å². The Kier molecular flexibility index (Phi) is 7.63. The lowest BCUT2D eigenvalue weighted by molar-refractivity contribution is -0.133. The van der Waals surface area contributed by atoms with E-state index in [1.54, 1.807) is 0 Å². The summed E-state index contributed by atoms with van der Waals surface area (Å²) in [7, 11) is -1.74. The first-order valence-electron chi connectivity index (χ1n) is 11.9. The number of benzene rings is 2. The molecular formula is C26H31F2N3O5Si. The minimum Gasteiger partial charge on any atom is -0.405 e. The molecule has 11 heteroatoms. The zero-order valence-corrected chi connectivity index (χ0v) is 22.1. The Morgan fingerprint density at radius 1 is 1.08 bits per heavy atom. The van der Waals surface area contributed by atoms with Crippen LogP contribution < -0.4 is 21.6 Å². The maximum atomic E-state index is 15.6. The molecule has 0 radical (unpaired) electrons. The third kappa shape index (κ3) is 4.97. The fourth-order valence-electron chi connectivity index (χ4n) is 5.13. The van der Waals surface area contributed by atoms with Crippen molar-refractivity contribution < 1.29 is 23.2 Å². The number of alkyl halides is 1. The van der Waals surface area contributed by atoms with Crippen molar-refractivity contribution in [1.29, 1.82) is 0 Å². The molecule has 198 valence electrons. The average molecular weight is 532 g/mol. The fourth-order valence-corrected chi connectivity index (χ4v) is 9.70. The molecule has 1 aliphatic rings. The average Bonchev–Trinajstić information content (AvgIpc) is 3.18.